The first kappa shape index (κ1) is 17.7. The largest absolute Gasteiger partial charge is 0.480 e. The number of rotatable bonds is 7. The number of amides is 2. The molecular weight excluding hydrogens is 324 g/mol. The Morgan fingerprint density at radius 2 is 1.84 bits per heavy atom. The maximum atomic E-state index is 12.1. The van der Waals surface area contributed by atoms with Gasteiger partial charge in [-0.15, -0.1) is 0 Å². The summed E-state index contributed by atoms with van der Waals surface area (Å²) in [5.74, 6) is -2.12. The van der Waals surface area contributed by atoms with Gasteiger partial charge in [0.05, 0.1) is 6.26 Å². The molecule has 0 aliphatic rings. The summed E-state index contributed by atoms with van der Waals surface area (Å²) in [7, 11) is 0. The van der Waals surface area contributed by atoms with Gasteiger partial charge >= 0.3 is 5.97 Å². The lowest BCUT2D eigenvalue weighted by Gasteiger charge is -2.07. The Labute approximate surface area is 143 Å². The Morgan fingerprint density at radius 3 is 2.48 bits per heavy atom. The number of carboxylic acids is 1. The monoisotopic (exact) mass is 340 g/mol. The van der Waals surface area contributed by atoms with E-state index in [1.807, 2.05) is 30.3 Å². The Hall–Kier alpha value is -3.61. The molecule has 0 radical (unpaired) electrons. The van der Waals surface area contributed by atoms with E-state index in [2.05, 4.69) is 10.6 Å². The molecule has 128 valence electrons. The summed E-state index contributed by atoms with van der Waals surface area (Å²) in [4.78, 5) is 34.7. The summed E-state index contributed by atoms with van der Waals surface area (Å²) in [6, 6.07) is 12.4. The van der Waals surface area contributed by atoms with Crippen LogP contribution >= 0.6 is 0 Å². The zero-order valence-electron chi connectivity index (χ0n) is 13.1. The van der Waals surface area contributed by atoms with Crippen LogP contribution in [0.3, 0.4) is 0 Å². The molecule has 0 aliphatic carbocycles. The van der Waals surface area contributed by atoms with Crippen LogP contribution in [0, 0.1) is 0 Å². The highest BCUT2D eigenvalue weighted by atomic mass is 16.4. The average Bonchev–Trinajstić information content (AvgIpc) is 3.11. The molecule has 0 fully saturated rings. The van der Waals surface area contributed by atoms with E-state index in [4.69, 9.17) is 9.52 Å². The molecular formula is C18H16N2O5. The molecule has 1 aromatic heterocycles. The molecule has 3 N–H and O–H groups in total. The Kier molecular flexibility index (Phi) is 6.30. The first-order chi connectivity index (χ1) is 12.0. The number of carboxylic acid groups (broad SMARTS) is 1. The predicted molar refractivity (Wildman–Crippen MR) is 90.9 cm³/mol. The minimum Gasteiger partial charge on any atom is -0.480 e. The smallest absolute Gasteiger partial charge is 0.322 e. The number of hydrogen-bond donors (Lipinski definition) is 3. The molecule has 7 heteroatoms. The quantitative estimate of drug-likeness (QED) is 0.664. The lowest BCUT2D eigenvalue weighted by Crippen LogP contribution is -2.36. The number of benzene rings is 1. The van der Waals surface area contributed by atoms with Gasteiger partial charge in [0.15, 0.2) is 0 Å². The number of nitrogens with one attached hydrogen (secondary N) is 2. The fourth-order valence-electron chi connectivity index (χ4n) is 1.84. The van der Waals surface area contributed by atoms with Gasteiger partial charge in [0.1, 0.15) is 18.0 Å². The minimum atomic E-state index is -1.19. The Balaban J connectivity index is 2.09. The maximum absolute atomic E-state index is 12.1. The van der Waals surface area contributed by atoms with Crippen LogP contribution in [-0.2, 0) is 14.4 Å². The SMILES string of the molecule is O=C(O)CNC(=O)/C(=C/c1ccco1)NC(=O)/C=C/c1ccccc1. The third-order valence-electron chi connectivity index (χ3n) is 2.96. The Bertz CT molecular complexity index is 792. The van der Waals surface area contributed by atoms with E-state index in [0.29, 0.717) is 5.76 Å². The second kappa shape index (κ2) is 8.88. The lowest BCUT2D eigenvalue weighted by molar-refractivity contribution is -0.137. The number of furan rings is 1. The predicted octanol–water partition coefficient (Wildman–Crippen LogP) is 1.65. The van der Waals surface area contributed by atoms with Crippen LogP contribution in [0.4, 0.5) is 0 Å². The zero-order valence-corrected chi connectivity index (χ0v) is 13.1. The highest BCUT2D eigenvalue weighted by molar-refractivity contribution is 6.04. The van der Waals surface area contributed by atoms with E-state index in [-0.39, 0.29) is 5.70 Å². The number of carbonyl (C=O) groups excluding carboxylic acids is 2. The van der Waals surface area contributed by atoms with Crippen LogP contribution in [0.25, 0.3) is 12.2 Å². The summed E-state index contributed by atoms with van der Waals surface area (Å²) in [5.41, 5.74) is 0.698. The molecule has 1 heterocycles. The van der Waals surface area contributed by atoms with Crippen molar-refractivity contribution in [3.63, 3.8) is 0 Å². The summed E-state index contributed by atoms with van der Waals surface area (Å²) < 4.78 is 5.11. The van der Waals surface area contributed by atoms with Crippen molar-refractivity contribution in [2.45, 2.75) is 0 Å². The zero-order chi connectivity index (χ0) is 18.1. The van der Waals surface area contributed by atoms with Gasteiger partial charge in [-0.05, 0) is 23.8 Å². The fourth-order valence-corrected chi connectivity index (χ4v) is 1.84. The van der Waals surface area contributed by atoms with Crippen molar-refractivity contribution in [3.05, 3.63) is 71.8 Å². The van der Waals surface area contributed by atoms with E-state index >= 15 is 0 Å². The van der Waals surface area contributed by atoms with E-state index < -0.39 is 24.3 Å². The van der Waals surface area contributed by atoms with Gasteiger partial charge in [-0.2, -0.15) is 0 Å². The molecule has 0 spiro atoms. The van der Waals surface area contributed by atoms with Crippen LogP contribution in [0.5, 0.6) is 0 Å². The van der Waals surface area contributed by atoms with Crippen molar-refractivity contribution in [3.8, 4) is 0 Å². The van der Waals surface area contributed by atoms with Gasteiger partial charge in [-0.3, -0.25) is 14.4 Å². The molecule has 0 atom stereocenters. The van der Waals surface area contributed by atoms with E-state index in [9.17, 15) is 14.4 Å². The summed E-state index contributed by atoms with van der Waals surface area (Å²) in [6.45, 7) is -0.565. The van der Waals surface area contributed by atoms with E-state index in [1.165, 1.54) is 18.4 Å². The molecule has 25 heavy (non-hydrogen) atoms. The number of aliphatic carboxylic acids is 1. The second-order valence-electron chi connectivity index (χ2n) is 4.88. The standard InChI is InChI=1S/C18H16N2O5/c21-16(9-8-13-5-2-1-3-6-13)20-15(11-14-7-4-10-25-14)18(24)19-12-17(22)23/h1-11H,12H2,(H,19,24)(H,20,21)(H,22,23)/b9-8+,15-11-. The lowest BCUT2D eigenvalue weighted by atomic mass is 10.2. The van der Waals surface area contributed by atoms with Crippen molar-refractivity contribution in [2.24, 2.45) is 0 Å². The molecule has 0 unspecified atom stereocenters. The van der Waals surface area contributed by atoms with Gasteiger partial charge < -0.3 is 20.2 Å². The molecule has 7 nitrogen and oxygen atoms in total. The van der Waals surface area contributed by atoms with E-state index in [0.717, 1.165) is 5.56 Å². The molecule has 0 saturated carbocycles. The minimum absolute atomic E-state index is 0.126. The first-order valence-electron chi connectivity index (χ1n) is 7.34. The van der Waals surface area contributed by atoms with Crippen LogP contribution in [-0.4, -0.2) is 29.4 Å². The van der Waals surface area contributed by atoms with Crippen molar-refractivity contribution >= 4 is 29.9 Å². The van der Waals surface area contributed by atoms with Crippen molar-refractivity contribution < 1.29 is 23.9 Å². The topological polar surface area (TPSA) is 109 Å². The number of hydrogen-bond acceptors (Lipinski definition) is 4. The molecule has 2 rings (SSSR count). The first-order valence-corrected chi connectivity index (χ1v) is 7.34. The van der Waals surface area contributed by atoms with Crippen LogP contribution < -0.4 is 10.6 Å². The van der Waals surface area contributed by atoms with Gasteiger partial charge in [0.2, 0.25) is 5.91 Å². The van der Waals surface area contributed by atoms with E-state index in [1.54, 1.807) is 18.2 Å². The normalized spacial score (nSPS) is 11.3. The van der Waals surface area contributed by atoms with Crippen LogP contribution in [0.1, 0.15) is 11.3 Å². The van der Waals surface area contributed by atoms with Gasteiger partial charge in [0.25, 0.3) is 5.91 Å². The molecule has 2 aromatic rings. The molecule has 1 aromatic carbocycles. The van der Waals surface area contributed by atoms with Crippen molar-refractivity contribution in [2.75, 3.05) is 6.54 Å². The fraction of sp³-hybridized carbons (Fsp3) is 0.0556. The third-order valence-corrected chi connectivity index (χ3v) is 2.96. The third kappa shape index (κ3) is 6.19. The van der Waals surface area contributed by atoms with Crippen molar-refractivity contribution in [1.82, 2.24) is 10.6 Å². The van der Waals surface area contributed by atoms with Crippen LogP contribution in [0.15, 0.2) is 64.9 Å². The molecule has 2 amide bonds. The van der Waals surface area contributed by atoms with Crippen molar-refractivity contribution in [1.29, 1.82) is 0 Å². The highest BCUT2D eigenvalue weighted by Crippen LogP contribution is 2.07. The van der Waals surface area contributed by atoms with Gasteiger partial charge in [-0.25, -0.2) is 0 Å². The molecule has 0 bridgehead atoms. The summed E-state index contributed by atoms with van der Waals surface area (Å²) in [6.07, 6.45) is 5.59. The van der Waals surface area contributed by atoms with Gasteiger partial charge in [-0.1, -0.05) is 30.3 Å². The summed E-state index contributed by atoms with van der Waals surface area (Å²) in [5, 5.41) is 13.2. The highest BCUT2D eigenvalue weighted by Gasteiger charge is 2.13. The maximum Gasteiger partial charge on any atom is 0.322 e. The molecule has 0 saturated heterocycles. The van der Waals surface area contributed by atoms with Gasteiger partial charge in [0, 0.05) is 12.2 Å². The Morgan fingerprint density at radius 1 is 1.08 bits per heavy atom. The second-order valence-corrected chi connectivity index (χ2v) is 4.88. The number of carbonyl (C=O) groups is 3. The summed E-state index contributed by atoms with van der Waals surface area (Å²) >= 11 is 0. The molecule has 0 aliphatic heterocycles. The van der Waals surface area contributed by atoms with Crippen LogP contribution in [0.2, 0.25) is 0 Å². The average molecular weight is 340 g/mol.